The lowest BCUT2D eigenvalue weighted by Gasteiger charge is -2.13. The second-order valence-electron chi connectivity index (χ2n) is 6.13. The molecule has 0 bridgehead atoms. The lowest BCUT2D eigenvalue weighted by Crippen LogP contribution is -2.43. The van der Waals surface area contributed by atoms with Gasteiger partial charge in [0.05, 0.1) is 7.11 Å². The molecule has 0 saturated heterocycles. The van der Waals surface area contributed by atoms with Crippen LogP contribution in [0.25, 0.3) is 6.08 Å². The Hall–Kier alpha value is -3.28. The number of hydrogen-bond donors (Lipinski definition) is 2. The summed E-state index contributed by atoms with van der Waals surface area (Å²) in [5, 5.41) is 0. The number of carbonyl (C=O) groups is 2. The Morgan fingerprint density at radius 3 is 2.41 bits per heavy atom. The summed E-state index contributed by atoms with van der Waals surface area (Å²) in [5.74, 6) is 0.796. The standard InChI is InChI=1S/C21H24N2O4/c1-15(2)18-6-4-5-7-19(18)27-14-21(25)23-22-20(24)13-10-16-8-11-17(26-3)12-9-16/h4-13,15H,14H2,1-3H3,(H,22,24)(H,23,25). The fourth-order valence-corrected chi connectivity index (χ4v) is 2.33. The summed E-state index contributed by atoms with van der Waals surface area (Å²) >= 11 is 0. The molecule has 2 aromatic rings. The molecular weight excluding hydrogens is 344 g/mol. The third-order valence-electron chi connectivity index (χ3n) is 3.77. The van der Waals surface area contributed by atoms with Crippen LogP contribution in [0.1, 0.15) is 30.9 Å². The Labute approximate surface area is 159 Å². The maximum absolute atomic E-state index is 11.9. The number of amides is 2. The Morgan fingerprint density at radius 2 is 1.74 bits per heavy atom. The van der Waals surface area contributed by atoms with Crippen LogP contribution < -0.4 is 20.3 Å². The van der Waals surface area contributed by atoms with Crippen molar-refractivity contribution in [2.24, 2.45) is 0 Å². The maximum Gasteiger partial charge on any atom is 0.276 e. The molecule has 0 heterocycles. The summed E-state index contributed by atoms with van der Waals surface area (Å²) in [4.78, 5) is 23.6. The lowest BCUT2D eigenvalue weighted by molar-refractivity contribution is -0.128. The van der Waals surface area contributed by atoms with Gasteiger partial charge in [0.15, 0.2) is 6.61 Å². The smallest absolute Gasteiger partial charge is 0.276 e. The van der Waals surface area contributed by atoms with Gasteiger partial charge in [-0.1, -0.05) is 44.2 Å². The van der Waals surface area contributed by atoms with Crippen LogP contribution >= 0.6 is 0 Å². The highest BCUT2D eigenvalue weighted by Crippen LogP contribution is 2.25. The van der Waals surface area contributed by atoms with Crippen molar-refractivity contribution in [1.29, 1.82) is 0 Å². The van der Waals surface area contributed by atoms with E-state index in [0.29, 0.717) is 5.75 Å². The number of benzene rings is 2. The fraction of sp³-hybridized carbons (Fsp3) is 0.238. The van der Waals surface area contributed by atoms with Crippen LogP contribution in [-0.4, -0.2) is 25.5 Å². The molecule has 2 amide bonds. The number of rotatable bonds is 7. The molecule has 2 aromatic carbocycles. The van der Waals surface area contributed by atoms with Crippen molar-refractivity contribution < 1.29 is 19.1 Å². The van der Waals surface area contributed by atoms with Crippen LogP contribution in [-0.2, 0) is 9.59 Å². The zero-order chi connectivity index (χ0) is 19.6. The Kier molecular flexibility index (Phi) is 7.43. The van der Waals surface area contributed by atoms with Crippen LogP contribution in [0.5, 0.6) is 11.5 Å². The molecule has 0 aliphatic carbocycles. The van der Waals surface area contributed by atoms with Crippen molar-refractivity contribution in [3.8, 4) is 11.5 Å². The van der Waals surface area contributed by atoms with Crippen LogP contribution in [0.15, 0.2) is 54.6 Å². The van der Waals surface area contributed by atoms with Crippen molar-refractivity contribution >= 4 is 17.9 Å². The summed E-state index contributed by atoms with van der Waals surface area (Å²) in [6.07, 6.45) is 2.97. The van der Waals surface area contributed by atoms with E-state index in [1.807, 2.05) is 36.4 Å². The molecule has 6 nitrogen and oxygen atoms in total. The van der Waals surface area contributed by atoms with Crippen molar-refractivity contribution in [1.82, 2.24) is 10.9 Å². The summed E-state index contributed by atoms with van der Waals surface area (Å²) in [5.41, 5.74) is 6.50. The van der Waals surface area contributed by atoms with Gasteiger partial charge in [0.2, 0.25) is 0 Å². The van der Waals surface area contributed by atoms with Crippen molar-refractivity contribution in [3.05, 3.63) is 65.7 Å². The van der Waals surface area contributed by atoms with E-state index < -0.39 is 11.8 Å². The monoisotopic (exact) mass is 368 g/mol. The van der Waals surface area contributed by atoms with Gasteiger partial charge >= 0.3 is 0 Å². The van der Waals surface area contributed by atoms with Crippen LogP contribution in [0.2, 0.25) is 0 Å². The topological polar surface area (TPSA) is 76.7 Å². The first-order valence-electron chi connectivity index (χ1n) is 8.62. The Balaban J connectivity index is 1.78. The molecule has 0 aliphatic rings. The highest BCUT2D eigenvalue weighted by Gasteiger charge is 2.09. The second kappa shape index (κ2) is 10.0. The van der Waals surface area contributed by atoms with E-state index in [-0.39, 0.29) is 12.5 Å². The first-order chi connectivity index (χ1) is 13.0. The van der Waals surface area contributed by atoms with Crippen molar-refractivity contribution in [3.63, 3.8) is 0 Å². The summed E-state index contributed by atoms with van der Waals surface area (Å²) in [6, 6.07) is 14.8. The summed E-state index contributed by atoms with van der Waals surface area (Å²) in [7, 11) is 1.59. The maximum atomic E-state index is 11.9. The largest absolute Gasteiger partial charge is 0.497 e. The van der Waals surface area contributed by atoms with E-state index >= 15 is 0 Å². The first-order valence-corrected chi connectivity index (χ1v) is 8.62. The number of hydrogen-bond acceptors (Lipinski definition) is 4. The normalized spacial score (nSPS) is 10.7. The molecule has 0 spiro atoms. The molecule has 142 valence electrons. The molecule has 2 rings (SSSR count). The molecule has 27 heavy (non-hydrogen) atoms. The number of carbonyl (C=O) groups excluding carboxylic acids is 2. The van der Waals surface area contributed by atoms with Gasteiger partial charge in [-0.15, -0.1) is 0 Å². The predicted molar refractivity (Wildman–Crippen MR) is 104 cm³/mol. The zero-order valence-electron chi connectivity index (χ0n) is 15.7. The average molecular weight is 368 g/mol. The minimum Gasteiger partial charge on any atom is -0.497 e. The lowest BCUT2D eigenvalue weighted by atomic mass is 10.0. The quantitative estimate of drug-likeness (QED) is 0.582. The molecule has 2 N–H and O–H groups in total. The van der Waals surface area contributed by atoms with E-state index in [9.17, 15) is 9.59 Å². The summed E-state index contributed by atoms with van der Waals surface area (Å²) < 4.78 is 10.6. The zero-order valence-corrected chi connectivity index (χ0v) is 15.7. The number of methoxy groups -OCH3 is 1. The molecular formula is C21H24N2O4. The van der Waals surface area contributed by atoms with E-state index in [0.717, 1.165) is 16.9 Å². The van der Waals surface area contributed by atoms with Gasteiger partial charge in [-0.25, -0.2) is 0 Å². The molecule has 0 saturated carbocycles. The SMILES string of the molecule is COc1ccc(C=CC(=O)NNC(=O)COc2ccccc2C(C)C)cc1. The van der Waals surface area contributed by atoms with Crippen molar-refractivity contribution in [2.75, 3.05) is 13.7 Å². The van der Waals surface area contributed by atoms with Crippen LogP contribution in [0, 0.1) is 0 Å². The number of hydrazine groups is 1. The Morgan fingerprint density at radius 1 is 1.04 bits per heavy atom. The summed E-state index contributed by atoms with van der Waals surface area (Å²) in [6.45, 7) is 3.92. The van der Waals surface area contributed by atoms with E-state index in [1.54, 1.807) is 25.3 Å². The second-order valence-corrected chi connectivity index (χ2v) is 6.13. The molecule has 0 aliphatic heterocycles. The van der Waals surface area contributed by atoms with Crippen LogP contribution in [0.4, 0.5) is 0 Å². The third-order valence-corrected chi connectivity index (χ3v) is 3.77. The highest BCUT2D eigenvalue weighted by molar-refractivity contribution is 5.93. The third kappa shape index (κ3) is 6.51. The molecule has 0 atom stereocenters. The molecule has 0 fully saturated rings. The number of ether oxygens (including phenoxy) is 2. The molecule has 6 heteroatoms. The highest BCUT2D eigenvalue weighted by atomic mass is 16.5. The van der Waals surface area contributed by atoms with Crippen LogP contribution in [0.3, 0.4) is 0 Å². The average Bonchev–Trinajstić information content (AvgIpc) is 2.69. The van der Waals surface area contributed by atoms with Gasteiger partial charge in [-0.2, -0.15) is 0 Å². The molecule has 0 unspecified atom stereocenters. The van der Waals surface area contributed by atoms with Gasteiger partial charge in [0, 0.05) is 6.08 Å². The number of nitrogens with one attached hydrogen (secondary N) is 2. The van der Waals surface area contributed by atoms with E-state index in [4.69, 9.17) is 9.47 Å². The fourth-order valence-electron chi connectivity index (χ4n) is 2.33. The van der Waals surface area contributed by atoms with Gasteiger partial charge in [0.25, 0.3) is 11.8 Å². The van der Waals surface area contributed by atoms with Gasteiger partial charge in [-0.3, -0.25) is 20.4 Å². The minimum atomic E-state index is -0.445. The predicted octanol–water partition coefficient (Wildman–Crippen LogP) is 3.06. The Bertz CT molecular complexity index is 798. The van der Waals surface area contributed by atoms with Crippen molar-refractivity contribution in [2.45, 2.75) is 19.8 Å². The first kappa shape index (κ1) is 20.0. The molecule has 0 radical (unpaired) electrons. The number of para-hydroxylation sites is 1. The van der Waals surface area contributed by atoms with Gasteiger partial charge < -0.3 is 9.47 Å². The van der Waals surface area contributed by atoms with E-state index in [1.165, 1.54) is 6.08 Å². The van der Waals surface area contributed by atoms with Gasteiger partial charge in [-0.05, 0) is 41.3 Å². The van der Waals surface area contributed by atoms with E-state index in [2.05, 4.69) is 24.7 Å². The van der Waals surface area contributed by atoms with Gasteiger partial charge in [0.1, 0.15) is 11.5 Å². The molecule has 0 aromatic heterocycles. The minimum absolute atomic E-state index is 0.188.